The molecule has 1 aliphatic rings. The van der Waals surface area contributed by atoms with Crippen molar-refractivity contribution in [3.05, 3.63) is 39.7 Å². The Morgan fingerprint density at radius 2 is 2.22 bits per heavy atom. The monoisotopic (exact) mass is 254 g/mol. The molecule has 5 nitrogen and oxygen atoms in total. The van der Waals surface area contributed by atoms with E-state index in [1.165, 1.54) is 12.1 Å². The molecule has 1 aliphatic carbocycles. The standard InChI is InChI=1S/C12H15FN2O3/c13-11-7-9(1-4-12(11)15(17)18)8-14(5-6-16)10-2-3-10/h1,4,7,10,16H,2-3,5-6,8H2. The van der Waals surface area contributed by atoms with Crippen LogP contribution in [0.1, 0.15) is 18.4 Å². The van der Waals surface area contributed by atoms with E-state index in [2.05, 4.69) is 4.90 Å². The Hall–Kier alpha value is -1.53. The molecule has 0 saturated heterocycles. The summed E-state index contributed by atoms with van der Waals surface area (Å²) in [7, 11) is 0. The lowest BCUT2D eigenvalue weighted by atomic mass is 10.2. The minimum Gasteiger partial charge on any atom is -0.395 e. The summed E-state index contributed by atoms with van der Waals surface area (Å²) >= 11 is 0. The Kier molecular flexibility index (Phi) is 3.88. The Labute approximate surface area is 104 Å². The zero-order chi connectivity index (χ0) is 13.1. The van der Waals surface area contributed by atoms with Crippen molar-refractivity contribution in [2.45, 2.75) is 25.4 Å². The number of hydrogen-bond donors (Lipinski definition) is 1. The van der Waals surface area contributed by atoms with Gasteiger partial charge in [0.15, 0.2) is 0 Å². The Bertz CT molecular complexity index is 449. The van der Waals surface area contributed by atoms with Crippen molar-refractivity contribution in [3.8, 4) is 0 Å². The van der Waals surface area contributed by atoms with Crippen LogP contribution in [0.15, 0.2) is 18.2 Å². The third-order valence-corrected chi connectivity index (χ3v) is 3.04. The first-order valence-corrected chi connectivity index (χ1v) is 5.89. The molecule has 0 aliphatic heterocycles. The summed E-state index contributed by atoms with van der Waals surface area (Å²) in [4.78, 5) is 11.8. The molecule has 0 spiro atoms. The maximum absolute atomic E-state index is 13.4. The van der Waals surface area contributed by atoms with Gasteiger partial charge in [0.2, 0.25) is 5.82 Å². The molecule has 6 heteroatoms. The van der Waals surface area contributed by atoms with Crippen LogP contribution in [0.3, 0.4) is 0 Å². The van der Waals surface area contributed by atoms with Crippen molar-refractivity contribution >= 4 is 5.69 Å². The van der Waals surface area contributed by atoms with Crippen LogP contribution in [-0.2, 0) is 6.54 Å². The van der Waals surface area contributed by atoms with Gasteiger partial charge in [-0.3, -0.25) is 15.0 Å². The highest BCUT2D eigenvalue weighted by molar-refractivity contribution is 5.35. The van der Waals surface area contributed by atoms with Crippen LogP contribution in [0.2, 0.25) is 0 Å². The van der Waals surface area contributed by atoms with Gasteiger partial charge in [0.05, 0.1) is 11.5 Å². The molecule has 0 unspecified atom stereocenters. The fourth-order valence-corrected chi connectivity index (χ4v) is 1.99. The largest absolute Gasteiger partial charge is 0.395 e. The van der Waals surface area contributed by atoms with Crippen molar-refractivity contribution in [2.75, 3.05) is 13.2 Å². The van der Waals surface area contributed by atoms with E-state index in [1.54, 1.807) is 6.07 Å². The van der Waals surface area contributed by atoms with Crippen molar-refractivity contribution in [1.29, 1.82) is 0 Å². The summed E-state index contributed by atoms with van der Waals surface area (Å²) < 4.78 is 13.4. The molecule has 1 aromatic carbocycles. The van der Waals surface area contributed by atoms with Gasteiger partial charge < -0.3 is 5.11 Å². The molecular formula is C12H15FN2O3. The van der Waals surface area contributed by atoms with Gasteiger partial charge in [0.25, 0.3) is 0 Å². The number of halogens is 1. The second-order valence-corrected chi connectivity index (χ2v) is 4.47. The molecule has 1 fully saturated rings. The number of benzene rings is 1. The van der Waals surface area contributed by atoms with Crippen LogP contribution in [0.5, 0.6) is 0 Å². The normalized spacial score (nSPS) is 15.1. The molecule has 1 aromatic rings. The van der Waals surface area contributed by atoms with Crippen LogP contribution < -0.4 is 0 Å². The summed E-state index contributed by atoms with van der Waals surface area (Å²) in [6, 6.07) is 4.41. The number of nitrogens with zero attached hydrogens (tertiary/aromatic N) is 2. The first kappa shape index (κ1) is 12.9. The molecule has 0 heterocycles. The summed E-state index contributed by atoms with van der Waals surface area (Å²) in [6.45, 7) is 1.12. The van der Waals surface area contributed by atoms with E-state index in [1.807, 2.05) is 0 Å². The summed E-state index contributed by atoms with van der Waals surface area (Å²) in [5.41, 5.74) is 0.192. The topological polar surface area (TPSA) is 66.6 Å². The number of hydrogen-bond acceptors (Lipinski definition) is 4. The molecule has 1 saturated carbocycles. The summed E-state index contributed by atoms with van der Waals surface area (Å²) in [6.07, 6.45) is 2.19. The highest BCUT2D eigenvalue weighted by Gasteiger charge is 2.28. The lowest BCUT2D eigenvalue weighted by molar-refractivity contribution is -0.387. The molecular weight excluding hydrogens is 239 g/mol. The van der Waals surface area contributed by atoms with Crippen LogP contribution in [-0.4, -0.2) is 34.1 Å². The lowest BCUT2D eigenvalue weighted by Crippen LogP contribution is -2.28. The molecule has 0 atom stereocenters. The SMILES string of the molecule is O=[N+]([O-])c1ccc(CN(CCO)C2CC2)cc1F. The van der Waals surface area contributed by atoms with Gasteiger partial charge in [0.1, 0.15) is 0 Å². The molecule has 98 valence electrons. The van der Waals surface area contributed by atoms with Crippen LogP contribution in [0.4, 0.5) is 10.1 Å². The number of aliphatic hydroxyl groups is 1. The fourth-order valence-electron chi connectivity index (χ4n) is 1.99. The summed E-state index contributed by atoms with van der Waals surface area (Å²) in [5, 5.41) is 19.5. The molecule has 0 bridgehead atoms. The Morgan fingerprint density at radius 3 is 2.72 bits per heavy atom. The van der Waals surface area contributed by atoms with Gasteiger partial charge >= 0.3 is 5.69 Å². The molecule has 2 rings (SSSR count). The van der Waals surface area contributed by atoms with Gasteiger partial charge in [-0.25, -0.2) is 0 Å². The maximum Gasteiger partial charge on any atom is 0.304 e. The van der Waals surface area contributed by atoms with Crippen LogP contribution in [0.25, 0.3) is 0 Å². The molecule has 0 amide bonds. The van der Waals surface area contributed by atoms with Gasteiger partial charge in [-0.15, -0.1) is 0 Å². The van der Waals surface area contributed by atoms with Crippen molar-refractivity contribution in [1.82, 2.24) is 4.90 Å². The predicted molar refractivity (Wildman–Crippen MR) is 63.6 cm³/mol. The van der Waals surface area contributed by atoms with Gasteiger partial charge in [-0.2, -0.15) is 4.39 Å². The number of nitro benzene ring substituents is 1. The molecule has 1 N–H and O–H groups in total. The second-order valence-electron chi connectivity index (χ2n) is 4.47. The highest BCUT2D eigenvalue weighted by atomic mass is 19.1. The Morgan fingerprint density at radius 1 is 1.50 bits per heavy atom. The van der Waals surface area contributed by atoms with Crippen molar-refractivity contribution < 1.29 is 14.4 Å². The quantitative estimate of drug-likeness (QED) is 0.619. The van der Waals surface area contributed by atoms with Gasteiger partial charge in [-0.1, -0.05) is 6.07 Å². The first-order valence-electron chi connectivity index (χ1n) is 5.89. The first-order chi connectivity index (χ1) is 8.61. The van der Waals surface area contributed by atoms with Crippen LogP contribution >= 0.6 is 0 Å². The van der Waals surface area contributed by atoms with Gasteiger partial charge in [0, 0.05) is 25.2 Å². The Balaban J connectivity index is 2.08. The number of nitro groups is 1. The van der Waals surface area contributed by atoms with E-state index in [4.69, 9.17) is 5.11 Å². The molecule has 0 radical (unpaired) electrons. The van der Waals surface area contributed by atoms with Crippen molar-refractivity contribution in [3.63, 3.8) is 0 Å². The third kappa shape index (κ3) is 3.02. The number of aliphatic hydroxyl groups excluding tert-OH is 1. The highest BCUT2D eigenvalue weighted by Crippen LogP contribution is 2.28. The smallest absolute Gasteiger partial charge is 0.304 e. The average molecular weight is 254 g/mol. The number of rotatable bonds is 6. The van der Waals surface area contributed by atoms with E-state index in [9.17, 15) is 14.5 Å². The van der Waals surface area contributed by atoms with E-state index in [-0.39, 0.29) is 6.61 Å². The molecule has 0 aromatic heterocycles. The average Bonchev–Trinajstić information content (AvgIpc) is 3.11. The zero-order valence-electron chi connectivity index (χ0n) is 9.88. The van der Waals surface area contributed by atoms with Crippen LogP contribution in [0, 0.1) is 15.9 Å². The van der Waals surface area contributed by atoms with E-state index in [0.717, 1.165) is 12.8 Å². The van der Waals surface area contributed by atoms with Gasteiger partial charge in [-0.05, 0) is 24.5 Å². The van der Waals surface area contributed by atoms with E-state index >= 15 is 0 Å². The minimum atomic E-state index is -0.808. The zero-order valence-corrected chi connectivity index (χ0v) is 9.88. The minimum absolute atomic E-state index is 0.0615. The van der Waals surface area contributed by atoms with E-state index in [0.29, 0.717) is 24.7 Å². The molecule has 18 heavy (non-hydrogen) atoms. The second kappa shape index (κ2) is 5.41. The predicted octanol–water partition coefficient (Wildman–Crippen LogP) is 1.69. The maximum atomic E-state index is 13.4. The summed E-state index contributed by atoms with van der Waals surface area (Å²) in [5.74, 6) is -0.808. The van der Waals surface area contributed by atoms with Crippen molar-refractivity contribution in [2.24, 2.45) is 0 Å². The third-order valence-electron chi connectivity index (χ3n) is 3.04. The fraction of sp³-hybridized carbons (Fsp3) is 0.500. The lowest BCUT2D eigenvalue weighted by Gasteiger charge is -2.20. The van der Waals surface area contributed by atoms with E-state index < -0.39 is 16.4 Å².